The van der Waals surface area contributed by atoms with Gasteiger partial charge in [-0.1, -0.05) is 6.07 Å². The van der Waals surface area contributed by atoms with Crippen molar-refractivity contribution in [3.63, 3.8) is 0 Å². The molecule has 1 N–H and O–H groups in total. The SMILES string of the molecule is N#Cc1cccc(C(=O)Nc2ccnn2-c2ccc([N+](=O)[O-])cc2)c1. The number of nitrogens with one attached hydrogen (secondary N) is 1. The average molecular weight is 333 g/mol. The molecule has 1 amide bonds. The second-order valence-electron chi connectivity index (χ2n) is 5.05. The van der Waals surface area contributed by atoms with Gasteiger partial charge < -0.3 is 5.32 Å². The van der Waals surface area contributed by atoms with Crippen LogP contribution in [0, 0.1) is 21.4 Å². The monoisotopic (exact) mass is 333 g/mol. The highest BCUT2D eigenvalue weighted by Gasteiger charge is 2.12. The van der Waals surface area contributed by atoms with E-state index in [0.717, 1.165) is 0 Å². The molecule has 122 valence electrons. The highest BCUT2D eigenvalue weighted by Crippen LogP contribution is 2.19. The summed E-state index contributed by atoms with van der Waals surface area (Å²) in [6, 6.07) is 15.7. The summed E-state index contributed by atoms with van der Waals surface area (Å²) < 4.78 is 1.45. The molecule has 0 unspecified atom stereocenters. The number of nitrogens with zero attached hydrogens (tertiary/aromatic N) is 4. The molecule has 3 aromatic rings. The summed E-state index contributed by atoms with van der Waals surface area (Å²) in [7, 11) is 0. The normalized spacial score (nSPS) is 10.0. The Morgan fingerprint density at radius 2 is 1.96 bits per heavy atom. The number of nitriles is 1. The molecule has 1 heterocycles. The van der Waals surface area contributed by atoms with Crippen LogP contribution in [0.5, 0.6) is 0 Å². The fourth-order valence-electron chi connectivity index (χ4n) is 2.24. The number of carbonyl (C=O) groups excluding carboxylic acids is 1. The van der Waals surface area contributed by atoms with Crippen LogP contribution >= 0.6 is 0 Å². The summed E-state index contributed by atoms with van der Waals surface area (Å²) in [5.74, 6) is 0.0157. The highest BCUT2D eigenvalue weighted by molar-refractivity contribution is 6.04. The number of hydrogen-bond acceptors (Lipinski definition) is 5. The first-order chi connectivity index (χ1) is 12.1. The molecule has 0 fully saturated rings. The van der Waals surface area contributed by atoms with Crippen molar-refractivity contribution in [1.82, 2.24) is 9.78 Å². The number of aromatic nitrogens is 2. The lowest BCUT2D eigenvalue weighted by Crippen LogP contribution is -2.15. The van der Waals surface area contributed by atoms with Crippen LogP contribution < -0.4 is 5.32 Å². The predicted molar refractivity (Wildman–Crippen MR) is 89.3 cm³/mol. The Balaban J connectivity index is 1.85. The fraction of sp³-hybridized carbons (Fsp3) is 0. The molecule has 0 saturated carbocycles. The van der Waals surface area contributed by atoms with Crippen molar-refractivity contribution in [2.45, 2.75) is 0 Å². The molecule has 0 aliphatic carbocycles. The van der Waals surface area contributed by atoms with Crippen molar-refractivity contribution in [3.8, 4) is 11.8 Å². The van der Waals surface area contributed by atoms with Crippen LogP contribution in [0.4, 0.5) is 11.5 Å². The highest BCUT2D eigenvalue weighted by atomic mass is 16.6. The van der Waals surface area contributed by atoms with Crippen molar-refractivity contribution in [1.29, 1.82) is 5.26 Å². The van der Waals surface area contributed by atoms with Crippen LogP contribution in [0.1, 0.15) is 15.9 Å². The summed E-state index contributed by atoms with van der Waals surface area (Å²) in [5, 5.41) is 26.5. The summed E-state index contributed by atoms with van der Waals surface area (Å²) in [6.45, 7) is 0. The van der Waals surface area contributed by atoms with E-state index in [1.807, 2.05) is 6.07 Å². The molecule has 8 heteroatoms. The van der Waals surface area contributed by atoms with Crippen molar-refractivity contribution < 1.29 is 9.72 Å². The van der Waals surface area contributed by atoms with Gasteiger partial charge in [-0.25, -0.2) is 4.68 Å². The fourth-order valence-corrected chi connectivity index (χ4v) is 2.24. The third kappa shape index (κ3) is 3.35. The van der Waals surface area contributed by atoms with E-state index in [1.165, 1.54) is 41.2 Å². The molecule has 0 aliphatic rings. The van der Waals surface area contributed by atoms with Crippen molar-refractivity contribution in [2.24, 2.45) is 0 Å². The summed E-state index contributed by atoms with van der Waals surface area (Å²) >= 11 is 0. The Morgan fingerprint density at radius 1 is 1.20 bits per heavy atom. The topological polar surface area (TPSA) is 114 Å². The van der Waals surface area contributed by atoms with Gasteiger partial charge in [0.2, 0.25) is 0 Å². The van der Waals surface area contributed by atoms with Gasteiger partial charge in [0.25, 0.3) is 11.6 Å². The quantitative estimate of drug-likeness (QED) is 0.582. The minimum atomic E-state index is -0.488. The number of carbonyl (C=O) groups is 1. The molecule has 0 atom stereocenters. The second kappa shape index (κ2) is 6.64. The van der Waals surface area contributed by atoms with Gasteiger partial charge >= 0.3 is 0 Å². The lowest BCUT2D eigenvalue weighted by molar-refractivity contribution is -0.384. The van der Waals surface area contributed by atoms with E-state index in [4.69, 9.17) is 5.26 Å². The molecule has 25 heavy (non-hydrogen) atoms. The molecule has 0 bridgehead atoms. The smallest absolute Gasteiger partial charge is 0.269 e. The number of amides is 1. The maximum absolute atomic E-state index is 12.4. The van der Waals surface area contributed by atoms with E-state index in [1.54, 1.807) is 24.3 Å². The lowest BCUT2D eigenvalue weighted by Gasteiger charge is -2.09. The number of benzene rings is 2. The Labute approximate surface area is 142 Å². The standard InChI is InChI=1S/C17H11N5O3/c18-11-12-2-1-3-13(10-12)17(23)20-16-8-9-19-21(16)14-4-6-15(7-5-14)22(24)25/h1-10H,(H,20,23). The molecule has 0 spiro atoms. The molecule has 3 rings (SSSR count). The number of hydrogen-bond donors (Lipinski definition) is 1. The van der Waals surface area contributed by atoms with E-state index in [9.17, 15) is 14.9 Å². The van der Waals surface area contributed by atoms with Crippen molar-refractivity contribution >= 4 is 17.4 Å². The number of non-ortho nitro benzene ring substituents is 1. The number of nitro benzene ring substituents is 1. The first-order valence-electron chi connectivity index (χ1n) is 7.19. The zero-order valence-electron chi connectivity index (χ0n) is 12.8. The maximum Gasteiger partial charge on any atom is 0.269 e. The third-order valence-corrected chi connectivity index (χ3v) is 3.44. The first kappa shape index (κ1) is 15.9. The van der Waals surface area contributed by atoms with Gasteiger partial charge in [0, 0.05) is 23.8 Å². The van der Waals surface area contributed by atoms with Gasteiger partial charge in [-0.3, -0.25) is 14.9 Å². The summed E-state index contributed by atoms with van der Waals surface area (Å²) in [6.07, 6.45) is 1.50. The second-order valence-corrected chi connectivity index (χ2v) is 5.05. The van der Waals surface area contributed by atoms with Crippen LogP contribution in [0.15, 0.2) is 60.8 Å². The zero-order chi connectivity index (χ0) is 17.8. The molecular formula is C17H11N5O3. The van der Waals surface area contributed by atoms with Gasteiger partial charge in [0.1, 0.15) is 5.82 Å². The maximum atomic E-state index is 12.4. The minimum Gasteiger partial charge on any atom is -0.306 e. The van der Waals surface area contributed by atoms with Crippen LogP contribution in [-0.4, -0.2) is 20.6 Å². The summed E-state index contributed by atoms with van der Waals surface area (Å²) in [4.78, 5) is 22.6. The van der Waals surface area contributed by atoms with Crippen LogP contribution in [0.25, 0.3) is 5.69 Å². The van der Waals surface area contributed by atoms with Crippen molar-refractivity contribution in [3.05, 3.63) is 82.0 Å². The van der Waals surface area contributed by atoms with E-state index in [0.29, 0.717) is 22.6 Å². The molecular weight excluding hydrogens is 322 g/mol. The van der Waals surface area contributed by atoms with Gasteiger partial charge in [-0.15, -0.1) is 0 Å². The number of rotatable bonds is 4. The number of nitro groups is 1. The summed E-state index contributed by atoms with van der Waals surface area (Å²) in [5.41, 5.74) is 1.26. The van der Waals surface area contributed by atoms with Crippen LogP contribution in [0.2, 0.25) is 0 Å². The minimum absolute atomic E-state index is 0.0326. The van der Waals surface area contributed by atoms with E-state index >= 15 is 0 Å². The third-order valence-electron chi connectivity index (χ3n) is 3.44. The van der Waals surface area contributed by atoms with Crippen molar-refractivity contribution in [2.75, 3.05) is 5.32 Å². The molecule has 8 nitrogen and oxygen atoms in total. The Kier molecular flexibility index (Phi) is 4.22. The van der Waals surface area contributed by atoms with E-state index < -0.39 is 4.92 Å². The van der Waals surface area contributed by atoms with E-state index in [-0.39, 0.29) is 11.6 Å². The molecule has 1 aromatic heterocycles. The number of anilines is 1. The molecule has 2 aromatic carbocycles. The van der Waals surface area contributed by atoms with Crippen LogP contribution in [0.3, 0.4) is 0 Å². The molecule has 0 saturated heterocycles. The first-order valence-corrected chi connectivity index (χ1v) is 7.19. The van der Waals surface area contributed by atoms with E-state index in [2.05, 4.69) is 10.4 Å². The van der Waals surface area contributed by atoms with Crippen LogP contribution in [-0.2, 0) is 0 Å². The Morgan fingerprint density at radius 3 is 2.64 bits per heavy atom. The lowest BCUT2D eigenvalue weighted by atomic mass is 10.1. The zero-order valence-corrected chi connectivity index (χ0v) is 12.8. The predicted octanol–water partition coefficient (Wildman–Crippen LogP) is 2.90. The largest absolute Gasteiger partial charge is 0.306 e. The van der Waals surface area contributed by atoms with Gasteiger partial charge in [-0.2, -0.15) is 10.4 Å². The van der Waals surface area contributed by atoms with Gasteiger partial charge in [0.05, 0.1) is 28.4 Å². The van der Waals surface area contributed by atoms with Gasteiger partial charge in [-0.05, 0) is 30.3 Å². The Bertz CT molecular complexity index is 986. The van der Waals surface area contributed by atoms with Gasteiger partial charge in [0.15, 0.2) is 0 Å². The molecule has 0 radical (unpaired) electrons. The Hall–Kier alpha value is -3.99. The molecule has 0 aliphatic heterocycles. The average Bonchev–Trinajstić information content (AvgIpc) is 3.10.